The number of non-ortho nitro benzene ring substituents is 1. The van der Waals surface area contributed by atoms with E-state index in [4.69, 9.17) is 11.5 Å². The van der Waals surface area contributed by atoms with Gasteiger partial charge in [0.1, 0.15) is 0 Å². The predicted molar refractivity (Wildman–Crippen MR) is 62.2 cm³/mol. The number of amides is 1. The molecule has 0 heterocycles. The Kier molecular flexibility index (Phi) is 3.97. The molecule has 0 aliphatic heterocycles. The molecule has 0 spiro atoms. The summed E-state index contributed by atoms with van der Waals surface area (Å²) in [7, 11) is 0. The van der Waals surface area contributed by atoms with Gasteiger partial charge in [0.2, 0.25) is 5.91 Å². The number of primary amides is 1. The zero-order valence-corrected chi connectivity index (χ0v) is 9.48. The SMILES string of the molecule is NC(=O)CC(N)c1cc([N+](=O)[O-])cc([N+](=O)[O-])c1O. The molecule has 0 aliphatic carbocycles. The second-order valence-electron chi connectivity index (χ2n) is 3.69. The number of hydrogen-bond acceptors (Lipinski definition) is 7. The van der Waals surface area contributed by atoms with E-state index >= 15 is 0 Å². The Morgan fingerprint density at radius 1 is 1.32 bits per heavy atom. The van der Waals surface area contributed by atoms with Gasteiger partial charge in [0.05, 0.1) is 15.9 Å². The van der Waals surface area contributed by atoms with Crippen LogP contribution in [0.2, 0.25) is 0 Å². The third-order valence-electron chi connectivity index (χ3n) is 2.33. The summed E-state index contributed by atoms with van der Waals surface area (Å²) < 4.78 is 0. The largest absolute Gasteiger partial charge is 0.502 e. The Bertz CT molecular complexity index is 558. The van der Waals surface area contributed by atoms with Crippen LogP contribution in [-0.4, -0.2) is 20.9 Å². The molecule has 19 heavy (non-hydrogen) atoms. The number of aromatic hydroxyl groups is 1. The number of nitro groups is 2. The van der Waals surface area contributed by atoms with Gasteiger partial charge in [-0.25, -0.2) is 0 Å². The summed E-state index contributed by atoms with van der Waals surface area (Å²) in [6.07, 6.45) is -0.411. The van der Waals surface area contributed by atoms with Gasteiger partial charge in [-0.1, -0.05) is 0 Å². The number of phenols is 1. The third kappa shape index (κ3) is 3.13. The zero-order chi connectivity index (χ0) is 14.7. The molecule has 0 bridgehead atoms. The Labute approximate surface area is 105 Å². The molecule has 102 valence electrons. The first-order valence-electron chi connectivity index (χ1n) is 4.93. The van der Waals surface area contributed by atoms with Gasteiger partial charge >= 0.3 is 5.69 Å². The second kappa shape index (κ2) is 5.27. The summed E-state index contributed by atoms with van der Waals surface area (Å²) in [5.74, 6) is -1.62. The third-order valence-corrected chi connectivity index (χ3v) is 2.33. The molecular formula is C9H10N4O6. The number of nitro benzene ring substituents is 2. The minimum Gasteiger partial charge on any atom is -0.502 e. The highest BCUT2D eigenvalue weighted by molar-refractivity contribution is 5.75. The first-order valence-corrected chi connectivity index (χ1v) is 4.93. The van der Waals surface area contributed by atoms with Crippen molar-refractivity contribution in [1.29, 1.82) is 0 Å². The standard InChI is InChI=1S/C9H10N4O6/c10-6(3-8(11)14)5-1-4(12(16)17)2-7(9(5)15)13(18)19/h1-2,6,15H,3,10H2,(H2,11,14). The van der Waals surface area contributed by atoms with Crippen molar-refractivity contribution in [2.45, 2.75) is 12.5 Å². The lowest BCUT2D eigenvalue weighted by molar-refractivity contribution is -0.394. The van der Waals surface area contributed by atoms with E-state index in [1.54, 1.807) is 0 Å². The molecule has 0 aliphatic rings. The van der Waals surface area contributed by atoms with Crippen LogP contribution in [0.15, 0.2) is 12.1 Å². The van der Waals surface area contributed by atoms with E-state index in [0.717, 1.165) is 6.07 Å². The number of nitrogens with zero attached hydrogens (tertiary/aromatic N) is 2. The molecule has 1 aromatic carbocycles. The Morgan fingerprint density at radius 2 is 1.89 bits per heavy atom. The van der Waals surface area contributed by atoms with Crippen molar-refractivity contribution in [3.8, 4) is 5.75 Å². The van der Waals surface area contributed by atoms with Crippen molar-refractivity contribution in [3.63, 3.8) is 0 Å². The zero-order valence-electron chi connectivity index (χ0n) is 9.48. The summed E-state index contributed by atoms with van der Waals surface area (Å²) in [4.78, 5) is 30.2. The normalized spacial score (nSPS) is 11.8. The van der Waals surface area contributed by atoms with Gasteiger partial charge in [-0.2, -0.15) is 0 Å². The number of nitrogens with two attached hydrogens (primary N) is 2. The summed E-state index contributed by atoms with van der Waals surface area (Å²) in [5, 5.41) is 31.0. The molecule has 5 N–H and O–H groups in total. The van der Waals surface area contributed by atoms with Crippen molar-refractivity contribution in [2.24, 2.45) is 11.5 Å². The van der Waals surface area contributed by atoms with Crippen molar-refractivity contribution in [3.05, 3.63) is 37.9 Å². The quantitative estimate of drug-likeness (QED) is 0.501. The molecule has 1 aromatic rings. The maximum atomic E-state index is 10.7. The lowest BCUT2D eigenvalue weighted by atomic mass is 10.0. The van der Waals surface area contributed by atoms with Gasteiger partial charge in [-0.3, -0.25) is 25.0 Å². The first-order chi connectivity index (χ1) is 8.73. The predicted octanol–water partition coefficient (Wildman–Crippen LogP) is 0.0838. The lowest BCUT2D eigenvalue weighted by Crippen LogP contribution is -2.21. The van der Waals surface area contributed by atoms with E-state index in [1.165, 1.54) is 0 Å². The molecule has 0 radical (unpaired) electrons. The summed E-state index contributed by atoms with van der Waals surface area (Å²) in [5.41, 5.74) is 8.69. The molecule has 1 amide bonds. The molecule has 0 saturated heterocycles. The number of benzene rings is 1. The van der Waals surface area contributed by atoms with E-state index in [-0.39, 0.29) is 5.56 Å². The Balaban J connectivity index is 3.40. The fourth-order valence-corrected chi connectivity index (χ4v) is 1.48. The van der Waals surface area contributed by atoms with Crippen molar-refractivity contribution >= 4 is 17.3 Å². The van der Waals surface area contributed by atoms with Crippen LogP contribution in [0.4, 0.5) is 11.4 Å². The maximum Gasteiger partial charge on any atom is 0.317 e. The number of carbonyl (C=O) groups excluding carboxylic acids is 1. The highest BCUT2D eigenvalue weighted by Crippen LogP contribution is 2.37. The van der Waals surface area contributed by atoms with E-state index in [1.807, 2.05) is 0 Å². The van der Waals surface area contributed by atoms with Crippen molar-refractivity contribution in [2.75, 3.05) is 0 Å². The van der Waals surface area contributed by atoms with E-state index in [0.29, 0.717) is 6.07 Å². The van der Waals surface area contributed by atoms with Crippen LogP contribution in [0.1, 0.15) is 18.0 Å². The van der Waals surface area contributed by atoms with Gasteiger partial charge in [-0.15, -0.1) is 0 Å². The Hall–Kier alpha value is -2.75. The lowest BCUT2D eigenvalue weighted by Gasteiger charge is -2.11. The molecule has 0 fully saturated rings. The van der Waals surface area contributed by atoms with Crippen LogP contribution >= 0.6 is 0 Å². The number of carbonyl (C=O) groups is 1. The van der Waals surface area contributed by atoms with E-state index in [2.05, 4.69) is 0 Å². The minimum atomic E-state index is -1.17. The minimum absolute atomic E-state index is 0.278. The topological polar surface area (TPSA) is 176 Å². The number of rotatable bonds is 5. The summed E-state index contributed by atoms with van der Waals surface area (Å²) in [6.45, 7) is 0. The average molecular weight is 270 g/mol. The van der Waals surface area contributed by atoms with Gasteiger partial charge in [-0.05, 0) is 0 Å². The maximum absolute atomic E-state index is 10.7. The van der Waals surface area contributed by atoms with Gasteiger partial charge in [0, 0.05) is 24.1 Å². The average Bonchev–Trinajstić information content (AvgIpc) is 2.27. The molecule has 10 heteroatoms. The van der Waals surface area contributed by atoms with Crippen molar-refractivity contribution < 1.29 is 19.7 Å². The van der Waals surface area contributed by atoms with E-state index in [9.17, 15) is 30.1 Å². The summed E-state index contributed by atoms with van der Waals surface area (Å²) >= 11 is 0. The highest BCUT2D eigenvalue weighted by Gasteiger charge is 2.27. The number of hydrogen-bond donors (Lipinski definition) is 3. The fraction of sp³-hybridized carbons (Fsp3) is 0.222. The van der Waals surface area contributed by atoms with Crippen LogP contribution < -0.4 is 11.5 Å². The van der Waals surface area contributed by atoms with Crippen LogP contribution in [0, 0.1) is 20.2 Å². The van der Waals surface area contributed by atoms with Crippen LogP contribution in [0.5, 0.6) is 5.75 Å². The molecule has 0 saturated carbocycles. The second-order valence-corrected chi connectivity index (χ2v) is 3.69. The van der Waals surface area contributed by atoms with Gasteiger partial charge < -0.3 is 16.6 Å². The van der Waals surface area contributed by atoms with Gasteiger partial charge in [0.15, 0.2) is 5.75 Å². The smallest absolute Gasteiger partial charge is 0.317 e. The van der Waals surface area contributed by atoms with Crippen molar-refractivity contribution in [1.82, 2.24) is 0 Å². The van der Waals surface area contributed by atoms with Crippen LogP contribution in [0.3, 0.4) is 0 Å². The first kappa shape index (κ1) is 14.3. The fourth-order valence-electron chi connectivity index (χ4n) is 1.48. The highest BCUT2D eigenvalue weighted by atomic mass is 16.6. The van der Waals surface area contributed by atoms with Gasteiger partial charge in [0.25, 0.3) is 5.69 Å². The van der Waals surface area contributed by atoms with Crippen LogP contribution in [0.25, 0.3) is 0 Å². The number of phenolic OH excluding ortho intramolecular Hbond substituents is 1. The molecule has 10 nitrogen and oxygen atoms in total. The molecule has 1 atom stereocenters. The summed E-state index contributed by atoms with van der Waals surface area (Å²) in [6, 6.07) is 0.308. The van der Waals surface area contributed by atoms with Crippen LogP contribution in [-0.2, 0) is 4.79 Å². The molecule has 1 rings (SSSR count). The monoisotopic (exact) mass is 270 g/mol. The molecular weight excluding hydrogens is 260 g/mol. The molecule has 1 unspecified atom stereocenters. The Morgan fingerprint density at radius 3 is 2.32 bits per heavy atom. The van der Waals surface area contributed by atoms with E-state index < -0.39 is 45.3 Å². The molecule has 0 aromatic heterocycles.